The number of rotatable bonds is 17. The van der Waals surface area contributed by atoms with Gasteiger partial charge in [-0.25, -0.2) is 17.5 Å². The van der Waals surface area contributed by atoms with Crippen LogP contribution in [-0.4, -0.2) is 54.4 Å². The highest BCUT2D eigenvalue weighted by atomic mass is 32.2. The Bertz CT molecular complexity index is 1600. The lowest BCUT2D eigenvalue weighted by Crippen LogP contribution is -2.55. The van der Waals surface area contributed by atoms with Crippen molar-refractivity contribution in [3.8, 4) is 0 Å². The number of halogens is 1. The predicted octanol–water partition coefficient (Wildman–Crippen LogP) is 4.63. The van der Waals surface area contributed by atoms with Gasteiger partial charge in [-0.2, -0.15) is 0 Å². The van der Waals surface area contributed by atoms with E-state index in [-0.39, 0.29) is 18.4 Å². The molecule has 246 valence electrons. The van der Waals surface area contributed by atoms with Gasteiger partial charge < -0.3 is 20.2 Å². The van der Waals surface area contributed by atoms with Gasteiger partial charge in [-0.3, -0.25) is 14.4 Å². The number of benzene rings is 3. The number of hydrogen-bond acceptors (Lipinski definition) is 6. The normalized spacial score (nSPS) is 17.1. The van der Waals surface area contributed by atoms with E-state index in [1.807, 2.05) is 48.5 Å². The molecule has 1 aliphatic rings. The maximum absolute atomic E-state index is 13.5. The summed E-state index contributed by atoms with van der Waals surface area (Å²) in [5.41, 5.74) is 4.07. The zero-order valence-corrected chi connectivity index (χ0v) is 26.3. The van der Waals surface area contributed by atoms with Gasteiger partial charge in [0.2, 0.25) is 15.9 Å². The first-order valence-corrected chi connectivity index (χ1v) is 17.1. The summed E-state index contributed by atoms with van der Waals surface area (Å²) in [6.45, 7) is 0.328. The van der Waals surface area contributed by atoms with Crippen molar-refractivity contribution in [2.24, 2.45) is 11.8 Å². The van der Waals surface area contributed by atoms with Gasteiger partial charge in [-0.05, 0) is 91.5 Å². The van der Waals surface area contributed by atoms with Crippen LogP contribution in [0.5, 0.6) is 0 Å². The predicted molar refractivity (Wildman–Crippen MR) is 170 cm³/mol. The number of nitrogens with one attached hydrogen (secondary N) is 1. The topological polar surface area (TPSA) is 161 Å². The van der Waals surface area contributed by atoms with E-state index in [1.54, 1.807) is 4.90 Å². The number of carboxylic acids is 2. The number of carboxylic acid groups (broad SMARTS) is 2. The van der Waals surface area contributed by atoms with Gasteiger partial charge >= 0.3 is 11.9 Å². The van der Waals surface area contributed by atoms with E-state index in [2.05, 4.69) is 4.72 Å². The van der Waals surface area contributed by atoms with Gasteiger partial charge in [0.25, 0.3) is 0 Å². The highest BCUT2D eigenvalue weighted by molar-refractivity contribution is 7.88. The van der Waals surface area contributed by atoms with Gasteiger partial charge in [0.15, 0.2) is 5.92 Å². The first-order valence-electron chi connectivity index (χ1n) is 15.2. The van der Waals surface area contributed by atoms with Crippen LogP contribution in [0.25, 0.3) is 0 Å². The number of β-lactam (4-membered cyclic amide) rings is 1. The summed E-state index contributed by atoms with van der Waals surface area (Å²) in [4.78, 5) is 37.6. The molecule has 1 heterocycles. The largest absolute Gasteiger partial charge is 0.481 e. The second kappa shape index (κ2) is 15.4. The summed E-state index contributed by atoms with van der Waals surface area (Å²) in [7, 11) is -3.25. The zero-order chi connectivity index (χ0) is 33.4. The number of sulfonamides is 1. The van der Waals surface area contributed by atoms with E-state index in [1.165, 1.54) is 24.3 Å². The fraction of sp³-hybridized carbons (Fsp3) is 0.382. The van der Waals surface area contributed by atoms with E-state index >= 15 is 0 Å². The molecule has 1 saturated heterocycles. The molecule has 1 unspecified atom stereocenters. The number of aliphatic hydroxyl groups excluding tert-OH is 1. The highest BCUT2D eigenvalue weighted by Gasteiger charge is 2.48. The average Bonchev–Trinajstić information content (AvgIpc) is 3.00. The molecule has 12 heteroatoms. The van der Waals surface area contributed by atoms with Crippen molar-refractivity contribution in [3.63, 3.8) is 0 Å². The van der Waals surface area contributed by atoms with Crippen molar-refractivity contribution in [3.05, 3.63) is 101 Å². The molecule has 3 aromatic rings. The Morgan fingerprint density at radius 3 is 2.00 bits per heavy atom. The molecule has 10 nitrogen and oxygen atoms in total. The summed E-state index contributed by atoms with van der Waals surface area (Å²) in [5.74, 6) is -5.05. The van der Waals surface area contributed by atoms with Crippen LogP contribution in [0.1, 0.15) is 66.5 Å². The molecule has 4 rings (SSSR count). The highest BCUT2D eigenvalue weighted by Crippen LogP contribution is 2.46. The molecule has 0 radical (unpaired) electrons. The minimum absolute atomic E-state index is 0.0139. The van der Waals surface area contributed by atoms with Crippen LogP contribution < -0.4 is 9.62 Å². The van der Waals surface area contributed by atoms with Crippen LogP contribution in [0, 0.1) is 17.7 Å². The number of hydrogen-bond donors (Lipinski definition) is 4. The fourth-order valence-electron chi connectivity index (χ4n) is 5.81. The molecular formula is C34H39FN2O8S. The van der Waals surface area contributed by atoms with Crippen LogP contribution >= 0.6 is 0 Å². The first-order chi connectivity index (χ1) is 21.8. The fourth-order valence-corrected chi connectivity index (χ4v) is 6.32. The Hall–Kier alpha value is -4.13. The van der Waals surface area contributed by atoms with Crippen molar-refractivity contribution in [2.45, 2.75) is 57.1 Å². The van der Waals surface area contributed by atoms with Crippen molar-refractivity contribution in [2.75, 3.05) is 17.7 Å². The number of aryl methyl sites for hydroxylation is 2. The van der Waals surface area contributed by atoms with Crippen molar-refractivity contribution >= 4 is 33.6 Å². The third-order valence-corrected chi connectivity index (χ3v) is 9.04. The summed E-state index contributed by atoms with van der Waals surface area (Å²) >= 11 is 0. The summed E-state index contributed by atoms with van der Waals surface area (Å²) < 4.78 is 38.4. The molecule has 3 atom stereocenters. The Balaban J connectivity index is 1.47. The molecule has 4 N–H and O–H groups in total. The minimum atomic E-state index is -3.25. The standard InChI is InChI=1S/C34H39FN2O8S/c1-46(44,45)36-21-3-5-23-9-17-27(18-10-23)37-31(28(32(37)39)19-20-30(38)24-13-15-26(35)16-14-24)25-11-7-22(8-12-25)4-2-6-29(33(40)41)34(42)43/h7-18,28-31,36,38H,2-6,19-21H2,1H3,(H,40,41)(H,42,43)/t28?,30-,31+/m0/s1. The maximum Gasteiger partial charge on any atom is 0.317 e. The zero-order valence-electron chi connectivity index (χ0n) is 25.5. The monoisotopic (exact) mass is 654 g/mol. The first kappa shape index (κ1) is 34.7. The van der Waals surface area contributed by atoms with E-state index in [4.69, 9.17) is 10.2 Å². The van der Waals surface area contributed by atoms with Gasteiger partial charge in [-0.15, -0.1) is 0 Å². The van der Waals surface area contributed by atoms with Crippen molar-refractivity contribution in [1.29, 1.82) is 0 Å². The van der Waals surface area contributed by atoms with Crippen LogP contribution in [0.4, 0.5) is 10.1 Å². The summed E-state index contributed by atoms with van der Waals surface area (Å²) in [6, 6.07) is 20.5. The summed E-state index contributed by atoms with van der Waals surface area (Å²) in [5, 5.41) is 29.0. The minimum Gasteiger partial charge on any atom is -0.481 e. The third-order valence-electron chi connectivity index (χ3n) is 8.32. The number of aliphatic hydroxyl groups is 1. The van der Waals surface area contributed by atoms with Gasteiger partial charge in [-0.1, -0.05) is 48.5 Å². The second-order valence-corrected chi connectivity index (χ2v) is 13.5. The molecule has 0 saturated carbocycles. The Morgan fingerprint density at radius 1 is 0.870 bits per heavy atom. The van der Waals surface area contributed by atoms with Gasteiger partial charge in [0.05, 0.1) is 24.3 Å². The quantitative estimate of drug-likeness (QED) is 0.0931. The number of carbonyl (C=O) groups excluding carboxylic acids is 1. The molecule has 1 aliphatic heterocycles. The van der Waals surface area contributed by atoms with E-state index in [0.29, 0.717) is 56.3 Å². The molecule has 46 heavy (non-hydrogen) atoms. The van der Waals surface area contributed by atoms with Crippen LogP contribution in [0.2, 0.25) is 0 Å². The smallest absolute Gasteiger partial charge is 0.317 e. The lowest BCUT2D eigenvalue weighted by molar-refractivity contribution is -0.154. The Kier molecular flexibility index (Phi) is 11.7. The van der Waals surface area contributed by atoms with E-state index in [9.17, 15) is 32.3 Å². The molecule has 0 aromatic heterocycles. The molecule has 0 bridgehead atoms. The number of anilines is 1. The number of amides is 1. The average molecular weight is 655 g/mol. The van der Waals surface area contributed by atoms with Gasteiger partial charge in [0.1, 0.15) is 5.82 Å². The lowest BCUT2D eigenvalue weighted by Gasteiger charge is -2.48. The van der Waals surface area contributed by atoms with Crippen LogP contribution in [0.3, 0.4) is 0 Å². The molecule has 1 fully saturated rings. The Morgan fingerprint density at radius 2 is 1.43 bits per heavy atom. The molecule has 0 spiro atoms. The van der Waals surface area contributed by atoms with Crippen molar-refractivity contribution in [1.82, 2.24) is 4.72 Å². The number of aliphatic carboxylic acids is 2. The molecule has 3 aromatic carbocycles. The maximum atomic E-state index is 13.5. The lowest BCUT2D eigenvalue weighted by atomic mass is 9.78. The third kappa shape index (κ3) is 9.21. The second-order valence-electron chi connectivity index (χ2n) is 11.7. The molecule has 0 aliphatic carbocycles. The van der Waals surface area contributed by atoms with Crippen LogP contribution in [-0.2, 0) is 37.2 Å². The number of carbonyl (C=O) groups is 3. The SMILES string of the molecule is CS(=O)(=O)NCCCc1ccc(N2C(=O)C(CC[C@H](O)c3ccc(F)cc3)[C@H]2c2ccc(CCCC(C(=O)O)C(=O)O)cc2)cc1. The number of nitrogens with zero attached hydrogens (tertiary/aromatic N) is 1. The van der Waals surface area contributed by atoms with E-state index in [0.717, 1.165) is 22.9 Å². The molecular weight excluding hydrogens is 615 g/mol. The van der Waals surface area contributed by atoms with Crippen LogP contribution in [0.15, 0.2) is 72.8 Å². The van der Waals surface area contributed by atoms with E-state index < -0.39 is 45.7 Å². The Labute approximate surface area is 267 Å². The van der Waals surface area contributed by atoms with Crippen molar-refractivity contribution < 1.29 is 42.5 Å². The summed E-state index contributed by atoms with van der Waals surface area (Å²) in [6.07, 6.45) is 3.14. The van der Waals surface area contributed by atoms with Gasteiger partial charge in [0, 0.05) is 12.2 Å². The molecule has 1 amide bonds.